The molecule has 2 N–H and O–H groups in total. The van der Waals surface area contributed by atoms with Gasteiger partial charge in [0, 0.05) is 24.3 Å². The molecule has 184 valence electrons. The number of nitrogens with zero attached hydrogens (tertiary/aromatic N) is 1. The number of likely N-dealkylation sites (N-methyl/N-ethyl adjacent to an activating group) is 1. The Hall–Kier alpha value is -3.72. The summed E-state index contributed by atoms with van der Waals surface area (Å²) in [5.74, 6) is -1.20. The number of aryl methyl sites for hydroxylation is 2. The first-order chi connectivity index (χ1) is 16.6. The molecule has 2 amide bonds. The highest BCUT2D eigenvalue weighted by molar-refractivity contribution is 7.92. The number of hydrogen-bond acceptors (Lipinski definition) is 4. The average molecular weight is 498 g/mol. The number of amides is 2. The van der Waals surface area contributed by atoms with E-state index in [0.717, 1.165) is 11.1 Å². The lowest BCUT2D eigenvalue weighted by Crippen LogP contribution is -2.40. The lowest BCUT2D eigenvalue weighted by molar-refractivity contribution is -0.121. The van der Waals surface area contributed by atoms with Gasteiger partial charge in [-0.15, -0.1) is 0 Å². The van der Waals surface area contributed by atoms with E-state index in [9.17, 15) is 22.4 Å². The topological polar surface area (TPSA) is 95.6 Å². The van der Waals surface area contributed by atoms with Crippen LogP contribution < -0.4 is 10.0 Å². The number of carbonyl (C=O) groups excluding carboxylic acids is 2. The van der Waals surface area contributed by atoms with Crippen LogP contribution in [0.5, 0.6) is 0 Å². The van der Waals surface area contributed by atoms with Gasteiger partial charge in [-0.2, -0.15) is 0 Å². The van der Waals surface area contributed by atoms with Crippen molar-refractivity contribution in [2.75, 3.05) is 17.8 Å². The number of halogens is 1. The Bertz CT molecular complexity index is 1320. The van der Waals surface area contributed by atoms with Crippen molar-refractivity contribution in [2.24, 2.45) is 0 Å². The lowest BCUT2D eigenvalue weighted by atomic mass is 10.1. The normalized spacial score (nSPS) is 11.1. The maximum Gasteiger partial charge on any atom is 0.261 e. The molecule has 3 rings (SSSR count). The quantitative estimate of drug-likeness (QED) is 0.467. The summed E-state index contributed by atoms with van der Waals surface area (Å²) in [5, 5.41) is 2.71. The number of benzene rings is 3. The van der Waals surface area contributed by atoms with Crippen LogP contribution in [-0.2, 0) is 21.4 Å². The molecule has 0 aliphatic rings. The Morgan fingerprint density at radius 1 is 0.971 bits per heavy atom. The predicted octanol–water partition coefficient (Wildman–Crippen LogP) is 4.02. The molecule has 3 aromatic rings. The number of anilines is 1. The Morgan fingerprint density at radius 3 is 2.34 bits per heavy atom. The van der Waals surface area contributed by atoms with E-state index in [1.807, 2.05) is 13.0 Å². The molecule has 0 bridgehead atoms. The number of rotatable bonds is 9. The van der Waals surface area contributed by atoms with Crippen LogP contribution in [0.1, 0.15) is 34.0 Å². The van der Waals surface area contributed by atoms with Crippen molar-refractivity contribution < 1.29 is 22.4 Å². The second-order valence-electron chi connectivity index (χ2n) is 8.17. The van der Waals surface area contributed by atoms with Gasteiger partial charge in [0.05, 0.1) is 11.4 Å². The van der Waals surface area contributed by atoms with Crippen LogP contribution in [-0.4, -0.2) is 38.2 Å². The summed E-state index contributed by atoms with van der Waals surface area (Å²) in [7, 11) is -3.93. The van der Waals surface area contributed by atoms with E-state index >= 15 is 0 Å². The Morgan fingerprint density at radius 2 is 1.69 bits per heavy atom. The van der Waals surface area contributed by atoms with Crippen LogP contribution in [0.4, 0.5) is 10.1 Å². The highest BCUT2D eigenvalue weighted by Crippen LogP contribution is 2.21. The molecule has 9 heteroatoms. The van der Waals surface area contributed by atoms with E-state index in [2.05, 4.69) is 10.0 Å². The number of sulfonamides is 1. The molecular formula is C26H28FN3O4S. The largest absolute Gasteiger partial charge is 0.350 e. The summed E-state index contributed by atoms with van der Waals surface area (Å²) in [6.45, 7) is 5.55. The third-order valence-corrected chi connectivity index (χ3v) is 6.81. The van der Waals surface area contributed by atoms with Gasteiger partial charge in [-0.3, -0.25) is 14.3 Å². The van der Waals surface area contributed by atoms with Crippen molar-refractivity contribution in [3.8, 4) is 0 Å². The molecular weight excluding hydrogens is 469 g/mol. The molecule has 0 atom stereocenters. The van der Waals surface area contributed by atoms with Crippen LogP contribution >= 0.6 is 0 Å². The molecule has 0 fully saturated rings. The van der Waals surface area contributed by atoms with Gasteiger partial charge < -0.3 is 10.2 Å². The van der Waals surface area contributed by atoms with E-state index in [-0.39, 0.29) is 41.8 Å². The highest BCUT2D eigenvalue weighted by atomic mass is 32.2. The Kier molecular flexibility index (Phi) is 8.24. The molecule has 0 saturated heterocycles. The molecule has 0 aliphatic heterocycles. The zero-order chi connectivity index (χ0) is 25.6. The van der Waals surface area contributed by atoms with E-state index < -0.39 is 15.9 Å². The fourth-order valence-corrected chi connectivity index (χ4v) is 4.53. The molecule has 0 spiro atoms. The minimum atomic E-state index is -3.93. The van der Waals surface area contributed by atoms with Gasteiger partial charge in [-0.1, -0.05) is 30.3 Å². The maximum atomic E-state index is 13.2. The molecule has 35 heavy (non-hydrogen) atoms. The molecule has 7 nitrogen and oxygen atoms in total. The molecule has 0 unspecified atom stereocenters. The average Bonchev–Trinajstić information content (AvgIpc) is 2.81. The fraction of sp³-hybridized carbons (Fsp3) is 0.231. The third kappa shape index (κ3) is 6.89. The van der Waals surface area contributed by atoms with Crippen molar-refractivity contribution in [1.29, 1.82) is 0 Å². The molecule has 0 saturated carbocycles. The van der Waals surface area contributed by atoms with Crippen LogP contribution in [0.25, 0.3) is 0 Å². The first-order valence-electron chi connectivity index (χ1n) is 11.1. The molecule has 3 aromatic carbocycles. The van der Waals surface area contributed by atoms with Crippen molar-refractivity contribution in [1.82, 2.24) is 10.2 Å². The number of nitrogens with one attached hydrogen (secondary N) is 2. The van der Waals surface area contributed by atoms with E-state index in [4.69, 9.17) is 0 Å². The summed E-state index contributed by atoms with van der Waals surface area (Å²) in [6.07, 6.45) is 0. The van der Waals surface area contributed by atoms with Gasteiger partial charge in [-0.25, -0.2) is 12.8 Å². The van der Waals surface area contributed by atoms with Crippen molar-refractivity contribution in [3.05, 3.63) is 94.8 Å². The smallest absolute Gasteiger partial charge is 0.261 e. The second-order valence-corrected chi connectivity index (χ2v) is 9.86. The molecule has 0 heterocycles. The first kappa shape index (κ1) is 25.9. The van der Waals surface area contributed by atoms with Crippen LogP contribution in [0.15, 0.2) is 71.6 Å². The van der Waals surface area contributed by atoms with Crippen molar-refractivity contribution >= 4 is 27.5 Å². The summed E-state index contributed by atoms with van der Waals surface area (Å²) in [4.78, 5) is 26.9. The summed E-state index contributed by atoms with van der Waals surface area (Å²) in [5.41, 5.74) is 2.84. The predicted molar refractivity (Wildman–Crippen MR) is 133 cm³/mol. The lowest BCUT2D eigenvalue weighted by Gasteiger charge is -2.22. The molecule has 0 aromatic heterocycles. The van der Waals surface area contributed by atoms with Crippen molar-refractivity contribution in [3.63, 3.8) is 0 Å². The fourth-order valence-electron chi connectivity index (χ4n) is 3.45. The summed E-state index contributed by atoms with van der Waals surface area (Å²) in [6, 6.07) is 17.0. The van der Waals surface area contributed by atoms with Crippen LogP contribution in [0, 0.1) is 19.7 Å². The number of carbonyl (C=O) groups is 2. The van der Waals surface area contributed by atoms with E-state index in [1.54, 1.807) is 50.2 Å². The van der Waals surface area contributed by atoms with Gasteiger partial charge >= 0.3 is 0 Å². The summed E-state index contributed by atoms with van der Waals surface area (Å²) >= 11 is 0. The Labute approximate surface area is 205 Å². The van der Waals surface area contributed by atoms with E-state index in [1.165, 1.54) is 29.2 Å². The van der Waals surface area contributed by atoms with Gasteiger partial charge in [0.25, 0.3) is 15.9 Å². The van der Waals surface area contributed by atoms with Crippen LogP contribution in [0.2, 0.25) is 0 Å². The van der Waals surface area contributed by atoms with Gasteiger partial charge in [-0.05, 0) is 73.9 Å². The summed E-state index contributed by atoms with van der Waals surface area (Å²) < 4.78 is 41.4. The van der Waals surface area contributed by atoms with Gasteiger partial charge in [0.15, 0.2) is 0 Å². The van der Waals surface area contributed by atoms with Crippen LogP contribution in [0.3, 0.4) is 0 Å². The standard InChI is InChI=1S/C26H28FN3O4S/c1-4-30(17-25(31)28-16-20-9-11-21(27)12-10-20)26(32)24-15-23(13-8-19(24)3)35(33,34)29-22-7-5-6-18(2)14-22/h5-15,29H,4,16-17H2,1-3H3,(H,28,31). The molecule has 0 radical (unpaired) electrons. The maximum absolute atomic E-state index is 13.2. The zero-order valence-electron chi connectivity index (χ0n) is 19.8. The molecule has 0 aliphatic carbocycles. The third-order valence-electron chi connectivity index (χ3n) is 5.43. The first-order valence-corrected chi connectivity index (χ1v) is 12.6. The Balaban J connectivity index is 1.73. The van der Waals surface area contributed by atoms with Crippen molar-refractivity contribution in [2.45, 2.75) is 32.2 Å². The second kappa shape index (κ2) is 11.1. The SMILES string of the molecule is CCN(CC(=O)NCc1ccc(F)cc1)C(=O)c1cc(S(=O)(=O)Nc2cccc(C)c2)ccc1C. The minimum Gasteiger partial charge on any atom is -0.350 e. The zero-order valence-corrected chi connectivity index (χ0v) is 20.7. The monoisotopic (exact) mass is 497 g/mol. The van der Waals surface area contributed by atoms with Gasteiger partial charge in [0.1, 0.15) is 5.82 Å². The number of hydrogen-bond donors (Lipinski definition) is 2. The van der Waals surface area contributed by atoms with Gasteiger partial charge in [0.2, 0.25) is 5.91 Å². The minimum absolute atomic E-state index is 0.0511. The van der Waals surface area contributed by atoms with E-state index in [0.29, 0.717) is 11.3 Å². The highest BCUT2D eigenvalue weighted by Gasteiger charge is 2.22.